The first kappa shape index (κ1) is 29.2. The Morgan fingerprint density at radius 3 is 2.74 bits per heavy atom. The van der Waals surface area contributed by atoms with E-state index in [1.54, 1.807) is 4.90 Å². The van der Waals surface area contributed by atoms with Crippen LogP contribution in [-0.4, -0.2) is 90.7 Å². The normalized spacial score (nSPS) is 18.7. The summed E-state index contributed by atoms with van der Waals surface area (Å²) in [6, 6.07) is 13.1. The summed E-state index contributed by atoms with van der Waals surface area (Å²) in [5, 5.41) is 2.89. The summed E-state index contributed by atoms with van der Waals surface area (Å²) in [6.07, 6.45) is 5.88. The van der Waals surface area contributed by atoms with Crippen molar-refractivity contribution in [1.82, 2.24) is 19.8 Å². The molecule has 0 unspecified atom stereocenters. The lowest BCUT2D eigenvalue weighted by Gasteiger charge is -2.41. The van der Waals surface area contributed by atoms with Gasteiger partial charge in [-0.2, -0.15) is 9.97 Å². The maximum absolute atomic E-state index is 12.5. The second-order valence-electron chi connectivity index (χ2n) is 11.6. The van der Waals surface area contributed by atoms with Gasteiger partial charge in [0.1, 0.15) is 18.5 Å². The lowest BCUT2D eigenvalue weighted by Crippen LogP contribution is -2.56. The number of anilines is 2. The first-order valence-corrected chi connectivity index (χ1v) is 15.5. The molecular weight excluding hydrogens is 562 g/mol. The van der Waals surface area contributed by atoms with E-state index in [9.17, 15) is 4.79 Å². The molecule has 1 aromatic heterocycles. The number of halogens is 1. The van der Waals surface area contributed by atoms with Gasteiger partial charge in [0, 0.05) is 55.4 Å². The Morgan fingerprint density at radius 2 is 2.00 bits per heavy atom. The van der Waals surface area contributed by atoms with Gasteiger partial charge in [-0.3, -0.25) is 4.79 Å². The Morgan fingerprint density at radius 1 is 1.19 bits per heavy atom. The standard InChI is InChI=1S/C33H38ClN7O2/c1-4-30(42)41-17-16-40(21-25(41)20-35-2)32-26-14-15-39(29-13-6-9-23-8-5-12-27(34)31(23)29)22-28(26)36-33(37-32)43-19-18-38(3)24-10-7-11-24/h4-6,8-9,12-13,24-25H,1,7,10-11,14-22H2,3H3/t25-/m0/s1. The van der Waals surface area contributed by atoms with E-state index in [4.69, 9.17) is 32.9 Å². The lowest BCUT2D eigenvalue weighted by atomic mass is 9.92. The molecular formula is C33H38ClN7O2. The molecule has 0 radical (unpaired) electrons. The van der Waals surface area contributed by atoms with Crippen molar-refractivity contribution < 1.29 is 9.53 Å². The molecule has 224 valence electrons. The van der Waals surface area contributed by atoms with Gasteiger partial charge >= 0.3 is 6.01 Å². The molecule has 1 saturated heterocycles. The molecule has 0 N–H and O–H groups in total. The van der Waals surface area contributed by atoms with Crippen LogP contribution in [0.5, 0.6) is 6.01 Å². The van der Waals surface area contributed by atoms with E-state index in [1.165, 1.54) is 25.3 Å². The fraction of sp³-hybridized carbons (Fsp3) is 0.455. The number of likely N-dealkylation sites (N-methyl/N-ethyl adjacent to an activating group) is 1. The average molecular weight is 600 g/mol. The zero-order chi connectivity index (χ0) is 29.9. The van der Waals surface area contributed by atoms with Crippen LogP contribution in [0.1, 0.15) is 30.5 Å². The summed E-state index contributed by atoms with van der Waals surface area (Å²) in [5.41, 5.74) is 3.13. The van der Waals surface area contributed by atoms with E-state index in [0.29, 0.717) is 44.8 Å². The van der Waals surface area contributed by atoms with Crippen molar-refractivity contribution in [2.45, 2.75) is 44.3 Å². The highest BCUT2D eigenvalue weighted by molar-refractivity contribution is 6.36. The molecule has 6 rings (SSSR count). The second kappa shape index (κ2) is 12.8. The van der Waals surface area contributed by atoms with Gasteiger partial charge in [0.2, 0.25) is 12.5 Å². The highest BCUT2D eigenvalue weighted by Crippen LogP contribution is 2.37. The number of ether oxygens (including phenoxy) is 1. The van der Waals surface area contributed by atoms with Crippen molar-refractivity contribution >= 4 is 39.8 Å². The Kier molecular flexibility index (Phi) is 8.68. The molecule has 1 aliphatic carbocycles. The summed E-state index contributed by atoms with van der Waals surface area (Å²) in [5.74, 6) is 0.714. The maximum Gasteiger partial charge on any atom is 0.318 e. The van der Waals surface area contributed by atoms with Gasteiger partial charge in [0.05, 0.1) is 17.3 Å². The van der Waals surface area contributed by atoms with Gasteiger partial charge in [-0.25, -0.2) is 6.57 Å². The van der Waals surface area contributed by atoms with Crippen molar-refractivity contribution in [3.05, 3.63) is 76.8 Å². The van der Waals surface area contributed by atoms with Gasteiger partial charge in [-0.15, -0.1) is 0 Å². The molecule has 43 heavy (non-hydrogen) atoms. The topological polar surface area (TPSA) is 69.4 Å². The van der Waals surface area contributed by atoms with Crippen molar-refractivity contribution in [1.29, 1.82) is 0 Å². The van der Waals surface area contributed by atoms with Crippen LogP contribution in [0.3, 0.4) is 0 Å². The minimum absolute atomic E-state index is 0.137. The smallest absolute Gasteiger partial charge is 0.318 e. The van der Waals surface area contributed by atoms with Crippen molar-refractivity contribution in [3.8, 4) is 6.01 Å². The zero-order valence-electron chi connectivity index (χ0n) is 24.7. The molecule has 2 aromatic carbocycles. The number of fused-ring (bicyclic) bond motifs is 2. The first-order chi connectivity index (χ1) is 21.0. The molecule has 10 heteroatoms. The van der Waals surface area contributed by atoms with E-state index >= 15 is 0 Å². The minimum atomic E-state index is -0.235. The van der Waals surface area contributed by atoms with Crippen molar-refractivity contribution in [2.75, 3.05) is 62.7 Å². The molecule has 3 aliphatic rings. The number of hydrogen-bond donors (Lipinski definition) is 0. The Labute approximate surface area is 258 Å². The monoisotopic (exact) mass is 599 g/mol. The van der Waals surface area contributed by atoms with Gasteiger partial charge in [-0.05, 0) is 49.9 Å². The fourth-order valence-electron chi connectivity index (χ4n) is 6.47. The van der Waals surface area contributed by atoms with E-state index in [-0.39, 0.29) is 18.5 Å². The average Bonchev–Trinajstić information content (AvgIpc) is 2.99. The largest absolute Gasteiger partial charge is 0.462 e. The van der Waals surface area contributed by atoms with Gasteiger partial charge in [0.25, 0.3) is 0 Å². The maximum atomic E-state index is 12.5. The van der Waals surface area contributed by atoms with E-state index < -0.39 is 0 Å². The highest BCUT2D eigenvalue weighted by atomic mass is 35.5. The predicted octanol–water partition coefficient (Wildman–Crippen LogP) is 4.83. The molecule has 2 fully saturated rings. The van der Waals surface area contributed by atoms with Crippen LogP contribution in [0, 0.1) is 6.57 Å². The molecule has 3 aromatic rings. The van der Waals surface area contributed by atoms with Crippen LogP contribution < -0.4 is 14.5 Å². The Balaban J connectivity index is 1.30. The molecule has 1 saturated carbocycles. The minimum Gasteiger partial charge on any atom is -0.462 e. The van der Waals surface area contributed by atoms with Crippen LogP contribution in [0.15, 0.2) is 49.1 Å². The number of aromatic nitrogens is 2. The van der Waals surface area contributed by atoms with E-state index in [0.717, 1.165) is 58.1 Å². The molecule has 1 atom stereocenters. The lowest BCUT2D eigenvalue weighted by molar-refractivity contribution is -0.128. The summed E-state index contributed by atoms with van der Waals surface area (Å²) in [6.45, 7) is 15.8. The number of benzene rings is 2. The van der Waals surface area contributed by atoms with Gasteiger partial charge < -0.3 is 29.2 Å². The summed E-state index contributed by atoms with van der Waals surface area (Å²) >= 11 is 6.70. The molecule has 2 aliphatic heterocycles. The molecule has 0 bridgehead atoms. The molecule has 9 nitrogen and oxygen atoms in total. The summed E-state index contributed by atoms with van der Waals surface area (Å²) in [4.78, 5) is 34.8. The number of nitrogens with zero attached hydrogens (tertiary/aromatic N) is 7. The van der Waals surface area contributed by atoms with Crippen LogP contribution in [0.2, 0.25) is 5.02 Å². The van der Waals surface area contributed by atoms with Crippen LogP contribution >= 0.6 is 11.6 Å². The quantitative estimate of drug-likeness (QED) is 0.258. The SMILES string of the molecule is [C-]#[N+]C[C@H]1CN(c2nc(OCCN(C)C3CCC3)nc3c2CCN(c2cccc4cccc(Cl)c24)C3)CCN1C(=O)C=C. The van der Waals surface area contributed by atoms with Crippen LogP contribution in [0.25, 0.3) is 15.6 Å². The summed E-state index contributed by atoms with van der Waals surface area (Å²) in [7, 11) is 2.15. The predicted molar refractivity (Wildman–Crippen MR) is 171 cm³/mol. The highest BCUT2D eigenvalue weighted by Gasteiger charge is 2.35. The second-order valence-corrected chi connectivity index (χ2v) is 12.0. The Bertz CT molecular complexity index is 1550. The number of rotatable bonds is 9. The van der Waals surface area contributed by atoms with E-state index in [2.05, 4.69) is 57.4 Å². The van der Waals surface area contributed by atoms with Crippen molar-refractivity contribution in [2.24, 2.45) is 0 Å². The third-order valence-electron chi connectivity index (χ3n) is 9.11. The van der Waals surface area contributed by atoms with Crippen molar-refractivity contribution in [3.63, 3.8) is 0 Å². The molecule has 0 spiro atoms. The first-order valence-electron chi connectivity index (χ1n) is 15.1. The number of carbonyl (C=O) groups is 1. The number of hydrogen-bond acceptors (Lipinski definition) is 7. The number of piperazine rings is 1. The van der Waals surface area contributed by atoms with Crippen LogP contribution in [-0.2, 0) is 17.8 Å². The third-order valence-corrected chi connectivity index (χ3v) is 9.43. The number of carbonyl (C=O) groups excluding carboxylic acids is 1. The van der Waals surface area contributed by atoms with Crippen LogP contribution in [0.4, 0.5) is 11.5 Å². The van der Waals surface area contributed by atoms with E-state index in [1.807, 2.05) is 12.1 Å². The number of amides is 1. The van der Waals surface area contributed by atoms with Gasteiger partial charge in [-0.1, -0.05) is 48.9 Å². The molecule has 1 amide bonds. The third kappa shape index (κ3) is 5.99. The summed E-state index contributed by atoms with van der Waals surface area (Å²) < 4.78 is 6.22. The Hall–Kier alpha value is -3.87. The fourth-order valence-corrected chi connectivity index (χ4v) is 6.75. The van der Waals surface area contributed by atoms with Gasteiger partial charge in [0.15, 0.2) is 0 Å². The zero-order valence-corrected chi connectivity index (χ0v) is 25.5. The molecule has 3 heterocycles.